The molecule has 2 aromatic rings. The lowest BCUT2D eigenvalue weighted by Gasteiger charge is -2.29. The number of benzene rings is 2. The van der Waals surface area contributed by atoms with Crippen LogP contribution in [0.3, 0.4) is 0 Å². The molecule has 2 fully saturated rings. The van der Waals surface area contributed by atoms with E-state index in [4.69, 9.17) is 4.74 Å². The fourth-order valence-electron chi connectivity index (χ4n) is 5.35. The molecule has 3 aliphatic rings. The van der Waals surface area contributed by atoms with Crippen molar-refractivity contribution in [3.63, 3.8) is 0 Å². The molecule has 0 aromatic heterocycles. The number of amides is 3. The molecule has 1 spiro atoms. The van der Waals surface area contributed by atoms with Crippen LogP contribution < -0.4 is 10.6 Å². The predicted molar refractivity (Wildman–Crippen MR) is 113 cm³/mol. The summed E-state index contributed by atoms with van der Waals surface area (Å²) in [5.74, 6) is -3.27. The summed E-state index contributed by atoms with van der Waals surface area (Å²) >= 11 is 0. The summed E-state index contributed by atoms with van der Waals surface area (Å²) in [6.45, 7) is 0.323. The average molecular weight is 437 g/mol. The Morgan fingerprint density at radius 1 is 1.06 bits per heavy atom. The molecule has 166 valence electrons. The van der Waals surface area contributed by atoms with E-state index in [1.54, 1.807) is 30.3 Å². The van der Waals surface area contributed by atoms with Crippen LogP contribution in [0.25, 0.3) is 0 Å². The zero-order valence-corrected chi connectivity index (χ0v) is 17.4. The van der Waals surface area contributed by atoms with Gasteiger partial charge in [-0.1, -0.05) is 24.3 Å². The fraction of sp³-hybridized carbons (Fsp3) is 0.348. The van der Waals surface area contributed by atoms with E-state index in [9.17, 15) is 24.6 Å². The maximum atomic E-state index is 13.5. The molecule has 9 heteroatoms. The van der Waals surface area contributed by atoms with Crippen LogP contribution in [0.15, 0.2) is 42.5 Å². The summed E-state index contributed by atoms with van der Waals surface area (Å²) in [6, 6.07) is 11.1. The van der Waals surface area contributed by atoms with E-state index < -0.39 is 29.3 Å². The number of hydrogen-bond donors (Lipinski definition) is 4. The summed E-state index contributed by atoms with van der Waals surface area (Å²) < 4.78 is 5.07. The minimum atomic E-state index is -1.36. The van der Waals surface area contributed by atoms with E-state index in [2.05, 4.69) is 10.6 Å². The molecule has 2 saturated heterocycles. The van der Waals surface area contributed by atoms with Gasteiger partial charge in [0.05, 0.1) is 25.0 Å². The van der Waals surface area contributed by atoms with Gasteiger partial charge in [-0.15, -0.1) is 0 Å². The van der Waals surface area contributed by atoms with E-state index in [0.29, 0.717) is 16.8 Å². The van der Waals surface area contributed by atoms with Crippen LogP contribution in [-0.4, -0.2) is 59.1 Å². The summed E-state index contributed by atoms with van der Waals surface area (Å²) in [5.41, 5.74) is 0.559. The molecule has 0 bridgehead atoms. The first-order valence-corrected chi connectivity index (χ1v) is 10.4. The number of anilines is 1. The van der Waals surface area contributed by atoms with Crippen molar-refractivity contribution >= 4 is 23.4 Å². The van der Waals surface area contributed by atoms with Crippen molar-refractivity contribution in [3.8, 4) is 11.5 Å². The molecule has 0 unspecified atom stereocenters. The Labute approximate surface area is 184 Å². The highest BCUT2D eigenvalue weighted by molar-refractivity contribution is 6.15. The molecule has 9 nitrogen and oxygen atoms in total. The fourth-order valence-corrected chi connectivity index (χ4v) is 5.35. The quantitative estimate of drug-likeness (QED) is 0.401. The van der Waals surface area contributed by atoms with Crippen LogP contribution >= 0.6 is 0 Å². The molecule has 3 heterocycles. The van der Waals surface area contributed by atoms with Crippen LogP contribution in [0.1, 0.15) is 11.1 Å². The topological polar surface area (TPSA) is 128 Å². The van der Waals surface area contributed by atoms with Crippen molar-refractivity contribution in [1.82, 2.24) is 10.2 Å². The van der Waals surface area contributed by atoms with Crippen LogP contribution in [0.2, 0.25) is 0 Å². The number of likely N-dealkylation sites (tertiary alicyclic amines) is 1. The van der Waals surface area contributed by atoms with E-state index >= 15 is 0 Å². The second-order valence-corrected chi connectivity index (χ2v) is 8.41. The summed E-state index contributed by atoms with van der Waals surface area (Å²) in [7, 11) is 1.50. The standard InChI is InChI=1S/C23H23N3O6/c1-32-9-8-26-20(29)18-15(10-12-6-7-16(27)17(28)11-12)25-23(19(18)21(26)30)13-4-2-3-5-14(13)24-22(23)31/h2-7,11,15,18-19,25,27-28H,8-10H2,1H3,(H,24,31)/t15-,18+,19+,23+/m0/s1. The lowest BCUT2D eigenvalue weighted by Crippen LogP contribution is -2.53. The molecule has 4 N–H and O–H groups in total. The van der Waals surface area contributed by atoms with Gasteiger partial charge in [-0.3, -0.25) is 24.6 Å². The molecule has 5 rings (SSSR count). The van der Waals surface area contributed by atoms with Crippen molar-refractivity contribution in [2.45, 2.75) is 18.0 Å². The normalized spacial score (nSPS) is 28.3. The first-order valence-electron chi connectivity index (χ1n) is 10.4. The predicted octanol–water partition coefficient (Wildman–Crippen LogP) is 0.707. The number of fused-ring (bicyclic) bond motifs is 4. The Hall–Kier alpha value is -3.43. The van der Waals surface area contributed by atoms with Crippen LogP contribution in [0.5, 0.6) is 11.5 Å². The molecule has 0 aliphatic carbocycles. The highest BCUT2D eigenvalue weighted by atomic mass is 16.5. The molecule has 4 atom stereocenters. The summed E-state index contributed by atoms with van der Waals surface area (Å²) in [5, 5.41) is 25.7. The van der Waals surface area contributed by atoms with Crippen molar-refractivity contribution in [2.75, 3.05) is 25.6 Å². The van der Waals surface area contributed by atoms with Gasteiger partial charge in [-0.05, 0) is 30.2 Å². The maximum Gasteiger partial charge on any atom is 0.250 e. The number of phenols is 2. The molecule has 32 heavy (non-hydrogen) atoms. The lowest BCUT2D eigenvalue weighted by molar-refractivity contribution is -0.143. The molecule has 3 amide bonds. The number of carbonyl (C=O) groups excluding carboxylic acids is 3. The Bertz CT molecular complexity index is 1130. The molecule has 0 radical (unpaired) electrons. The zero-order valence-electron chi connectivity index (χ0n) is 17.4. The summed E-state index contributed by atoms with van der Waals surface area (Å²) in [6.07, 6.45) is 0.281. The van der Waals surface area contributed by atoms with Gasteiger partial charge in [0.25, 0.3) is 0 Å². The van der Waals surface area contributed by atoms with Crippen molar-refractivity contribution in [2.24, 2.45) is 11.8 Å². The molecule has 3 aliphatic heterocycles. The largest absolute Gasteiger partial charge is 0.504 e. The van der Waals surface area contributed by atoms with Crippen LogP contribution in [0.4, 0.5) is 5.69 Å². The number of phenolic OH excluding ortho intramolecular Hbond substituents is 2. The van der Waals surface area contributed by atoms with Crippen molar-refractivity contribution in [3.05, 3.63) is 53.6 Å². The molecular weight excluding hydrogens is 414 g/mol. The number of imide groups is 1. The van der Waals surface area contributed by atoms with Gasteiger partial charge in [-0.2, -0.15) is 0 Å². The Balaban J connectivity index is 1.59. The number of ether oxygens (including phenoxy) is 1. The Morgan fingerprint density at radius 3 is 2.59 bits per heavy atom. The van der Waals surface area contributed by atoms with E-state index in [1.807, 2.05) is 0 Å². The highest BCUT2D eigenvalue weighted by Gasteiger charge is 2.70. The number of methoxy groups -OCH3 is 1. The first kappa shape index (κ1) is 20.5. The van der Waals surface area contributed by atoms with Gasteiger partial charge in [-0.25, -0.2) is 0 Å². The third-order valence-electron chi connectivity index (χ3n) is 6.73. The van der Waals surface area contributed by atoms with Gasteiger partial charge >= 0.3 is 0 Å². The minimum Gasteiger partial charge on any atom is -0.504 e. The third kappa shape index (κ3) is 2.74. The van der Waals surface area contributed by atoms with Gasteiger partial charge in [0.2, 0.25) is 17.7 Å². The maximum absolute atomic E-state index is 13.5. The minimum absolute atomic E-state index is 0.118. The highest BCUT2D eigenvalue weighted by Crippen LogP contribution is 2.53. The lowest BCUT2D eigenvalue weighted by atomic mass is 9.76. The van der Waals surface area contributed by atoms with Crippen LogP contribution in [0, 0.1) is 11.8 Å². The van der Waals surface area contributed by atoms with Gasteiger partial charge in [0.15, 0.2) is 11.5 Å². The SMILES string of the molecule is COCCN1C(=O)[C@@H]2[C@H](Cc3ccc(O)c(O)c3)N[C@@]3(C(=O)Nc4ccccc43)[C@H]2C1=O. The number of nitrogens with one attached hydrogen (secondary N) is 2. The second kappa shape index (κ2) is 7.32. The number of rotatable bonds is 5. The monoisotopic (exact) mass is 437 g/mol. The molecular formula is C23H23N3O6. The molecule has 2 aromatic carbocycles. The van der Waals surface area contributed by atoms with E-state index in [0.717, 1.165) is 0 Å². The molecule has 0 saturated carbocycles. The van der Waals surface area contributed by atoms with Gasteiger partial charge in [0.1, 0.15) is 5.54 Å². The third-order valence-corrected chi connectivity index (χ3v) is 6.73. The van der Waals surface area contributed by atoms with Gasteiger partial charge in [0, 0.05) is 24.4 Å². The number of nitrogens with zero attached hydrogens (tertiary/aromatic N) is 1. The summed E-state index contributed by atoms with van der Waals surface area (Å²) in [4.78, 5) is 41.4. The number of para-hydroxylation sites is 1. The zero-order chi connectivity index (χ0) is 22.6. The Morgan fingerprint density at radius 2 is 1.84 bits per heavy atom. The number of aromatic hydroxyl groups is 2. The van der Waals surface area contributed by atoms with Crippen molar-refractivity contribution in [1.29, 1.82) is 0 Å². The first-order chi connectivity index (χ1) is 15.4. The Kier molecular flexibility index (Phi) is 4.68. The number of hydrogen-bond acceptors (Lipinski definition) is 7. The second-order valence-electron chi connectivity index (χ2n) is 8.41. The average Bonchev–Trinajstić information content (AvgIpc) is 3.34. The van der Waals surface area contributed by atoms with E-state index in [1.165, 1.54) is 24.1 Å². The van der Waals surface area contributed by atoms with Gasteiger partial charge < -0.3 is 20.3 Å². The van der Waals surface area contributed by atoms with Crippen molar-refractivity contribution < 1.29 is 29.3 Å². The number of carbonyl (C=O) groups is 3. The van der Waals surface area contributed by atoms with Crippen LogP contribution in [-0.2, 0) is 31.1 Å². The smallest absolute Gasteiger partial charge is 0.250 e. The van der Waals surface area contributed by atoms with E-state index in [-0.39, 0.29) is 42.9 Å².